The molecule has 0 bridgehead atoms. The molecule has 0 amide bonds. The van der Waals surface area contributed by atoms with Crippen molar-refractivity contribution in [3.05, 3.63) is 78.0 Å². The zero-order valence-corrected chi connectivity index (χ0v) is 14.7. The van der Waals surface area contributed by atoms with Gasteiger partial charge in [-0.15, -0.1) is 0 Å². The fraction of sp³-hybridized carbons (Fsp3) is 0.143. The summed E-state index contributed by atoms with van der Waals surface area (Å²) >= 11 is 0. The topological polar surface area (TPSA) is 49.2 Å². The second kappa shape index (κ2) is 6.88. The van der Waals surface area contributed by atoms with Crippen LogP contribution in [0.3, 0.4) is 0 Å². The molecule has 4 rings (SSSR count). The summed E-state index contributed by atoms with van der Waals surface area (Å²) in [5, 5.41) is 0. The molecule has 26 heavy (non-hydrogen) atoms. The lowest BCUT2D eigenvalue weighted by Gasteiger charge is -2.11. The summed E-state index contributed by atoms with van der Waals surface area (Å²) in [6.45, 7) is 2.48. The molecule has 0 fully saturated rings. The van der Waals surface area contributed by atoms with E-state index in [1.807, 2.05) is 48.5 Å². The van der Waals surface area contributed by atoms with E-state index in [1.165, 1.54) is 5.56 Å². The lowest BCUT2D eigenvalue weighted by atomic mass is 10.1. The van der Waals surface area contributed by atoms with Gasteiger partial charge in [0.05, 0.1) is 7.11 Å². The second-order valence-electron chi connectivity index (χ2n) is 6.06. The maximum atomic E-state index is 6.11. The van der Waals surface area contributed by atoms with Crippen LogP contribution in [0.4, 0.5) is 0 Å². The Morgan fingerprint density at radius 2 is 1.73 bits per heavy atom. The first-order valence-corrected chi connectivity index (χ1v) is 8.41. The van der Waals surface area contributed by atoms with Crippen LogP contribution in [0, 0.1) is 6.92 Å². The minimum atomic E-state index is 0.420. The lowest BCUT2D eigenvalue weighted by molar-refractivity contribution is 0.110. The highest BCUT2D eigenvalue weighted by atomic mass is 16.7. The molecule has 0 atom stereocenters. The van der Waals surface area contributed by atoms with Crippen LogP contribution >= 0.6 is 0 Å². The van der Waals surface area contributed by atoms with Crippen molar-refractivity contribution in [2.24, 2.45) is 0 Å². The van der Waals surface area contributed by atoms with E-state index in [2.05, 4.69) is 29.0 Å². The van der Waals surface area contributed by atoms with Gasteiger partial charge in [-0.25, -0.2) is 9.97 Å². The molecule has 0 radical (unpaired) electrons. The van der Waals surface area contributed by atoms with Gasteiger partial charge in [0.25, 0.3) is 0 Å². The first-order valence-electron chi connectivity index (χ1n) is 8.41. The van der Waals surface area contributed by atoms with Crippen LogP contribution in [0.5, 0.6) is 5.75 Å². The molecule has 4 aromatic rings. The van der Waals surface area contributed by atoms with E-state index in [1.54, 1.807) is 18.0 Å². The van der Waals surface area contributed by atoms with Crippen molar-refractivity contribution in [1.82, 2.24) is 14.7 Å². The fourth-order valence-electron chi connectivity index (χ4n) is 2.77. The summed E-state index contributed by atoms with van der Waals surface area (Å²) in [6, 6.07) is 19.9. The third-order valence-electron chi connectivity index (χ3n) is 4.22. The smallest absolute Gasteiger partial charge is 0.181 e. The Labute approximate surface area is 151 Å². The molecule has 130 valence electrons. The monoisotopic (exact) mass is 345 g/mol. The number of benzene rings is 2. The number of methoxy groups -OCH3 is 1. The zero-order chi connectivity index (χ0) is 17.9. The number of aromatic nitrogens is 3. The molecule has 0 saturated heterocycles. The molecule has 0 aliphatic carbocycles. The van der Waals surface area contributed by atoms with E-state index in [9.17, 15) is 0 Å². The van der Waals surface area contributed by atoms with Crippen molar-refractivity contribution in [3.63, 3.8) is 0 Å². The number of ether oxygens (including phenoxy) is 1. The highest BCUT2D eigenvalue weighted by Gasteiger charge is 2.14. The van der Waals surface area contributed by atoms with Crippen LogP contribution in [0.1, 0.15) is 11.1 Å². The normalized spacial score (nSPS) is 10.8. The second-order valence-corrected chi connectivity index (χ2v) is 6.06. The Bertz CT molecular complexity index is 1020. The van der Waals surface area contributed by atoms with Gasteiger partial charge in [-0.2, -0.15) is 4.73 Å². The van der Waals surface area contributed by atoms with Gasteiger partial charge < -0.3 is 9.57 Å². The first kappa shape index (κ1) is 16.1. The lowest BCUT2D eigenvalue weighted by Crippen LogP contribution is -2.12. The Morgan fingerprint density at radius 3 is 2.46 bits per heavy atom. The van der Waals surface area contributed by atoms with Crippen molar-refractivity contribution in [3.8, 4) is 17.1 Å². The maximum absolute atomic E-state index is 6.11. The molecular weight excluding hydrogens is 326 g/mol. The standard InChI is InChI=1S/C21H19N3O2/c1-15-5-9-17(10-6-15)21-23-20-19(4-3-13-22-20)24(21)26-14-16-7-11-18(25-2)12-8-16/h3-13H,14H2,1-2H3. The van der Waals surface area contributed by atoms with Gasteiger partial charge in [-0.3, -0.25) is 0 Å². The van der Waals surface area contributed by atoms with Gasteiger partial charge in [0.1, 0.15) is 17.9 Å². The number of pyridine rings is 1. The van der Waals surface area contributed by atoms with Gasteiger partial charge in [0.2, 0.25) is 0 Å². The van der Waals surface area contributed by atoms with Crippen molar-refractivity contribution in [2.75, 3.05) is 7.11 Å². The highest BCUT2D eigenvalue weighted by Crippen LogP contribution is 2.23. The molecule has 5 heteroatoms. The van der Waals surface area contributed by atoms with E-state index in [-0.39, 0.29) is 0 Å². The largest absolute Gasteiger partial charge is 0.497 e. The summed E-state index contributed by atoms with van der Waals surface area (Å²) in [5.74, 6) is 1.57. The van der Waals surface area contributed by atoms with E-state index in [4.69, 9.17) is 9.57 Å². The van der Waals surface area contributed by atoms with Gasteiger partial charge in [0.15, 0.2) is 11.5 Å². The number of fused-ring (bicyclic) bond motifs is 1. The number of hydrogen-bond donors (Lipinski definition) is 0. The zero-order valence-electron chi connectivity index (χ0n) is 14.7. The highest BCUT2D eigenvalue weighted by molar-refractivity contribution is 5.76. The third-order valence-corrected chi connectivity index (χ3v) is 4.22. The minimum absolute atomic E-state index is 0.420. The molecule has 0 unspecified atom stereocenters. The van der Waals surface area contributed by atoms with Crippen molar-refractivity contribution < 1.29 is 9.57 Å². The molecule has 0 saturated carbocycles. The van der Waals surface area contributed by atoms with E-state index in [0.717, 1.165) is 28.2 Å². The predicted molar refractivity (Wildman–Crippen MR) is 101 cm³/mol. The molecule has 0 aliphatic heterocycles. The van der Waals surface area contributed by atoms with Crippen LogP contribution in [0.15, 0.2) is 66.9 Å². The average molecular weight is 345 g/mol. The van der Waals surface area contributed by atoms with Crippen LogP contribution in [0.25, 0.3) is 22.6 Å². The Kier molecular flexibility index (Phi) is 4.27. The van der Waals surface area contributed by atoms with Gasteiger partial charge in [0, 0.05) is 11.8 Å². The molecule has 2 heterocycles. The molecule has 0 aliphatic rings. The van der Waals surface area contributed by atoms with E-state index >= 15 is 0 Å². The quantitative estimate of drug-likeness (QED) is 0.548. The molecular formula is C21H19N3O2. The summed E-state index contributed by atoms with van der Waals surface area (Å²) in [5.41, 5.74) is 4.75. The van der Waals surface area contributed by atoms with E-state index in [0.29, 0.717) is 12.3 Å². The summed E-state index contributed by atoms with van der Waals surface area (Å²) in [4.78, 5) is 15.1. The number of aryl methyl sites for hydroxylation is 1. The van der Waals surface area contributed by atoms with Crippen molar-refractivity contribution >= 4 is 11.2 Å². The Hall–Kier alpha value is -3.34. The molecule has 2 aromatic carbocycles. The fourth-order valence-corrected chi connectivity index (χ4v) is 2.77. The Morgan fingerprint density at radius 1 is 0.962 bits per heavy atom. The molecule has 2 aromatic heterocycles. The molecule has 5 nitrogen and oxygen atoms in total. The van der Waals surface area contributed by atoms with Crippen LogP contribution in [-0.4, -0.2) is 21.8 Å². The summed E-state index contributed by atoms with van der Waals surface area (Å²) in [6.07, 6.45) is 1.74. The summed E-state index contributed by atoms with van der Waals surface area (Å²) in [7, 11) is 1.66. The third kappa shape index (κ3) is 3.11. The molecule has 0 N–H and O–H groups in total. The van der Waals surface area contributed by atoms with Gasteiger partial charge in [-0.05, 0) is 36.8 Å². The van der Waals surface area contributed by atoms with Gasteiger partial charge in [-0.1, -0.05) is 42.0 Å². The van der Waals surface area contributed by atoms with Crippen LogP contribution in [-0.2, 0) is 6.61 Å². The number of hydrogen-bond acceptors (Lipinski definition) is 4. The number of rotatable bonds is 5. The first-order chi connectivity index (χ1) is 12.7. The SMILES string of the molecule is COc1ccc(COn2c(-c3ccc(C)cc3)nc3ncccc32)cc1. The van der Waals surface area contributed by atoms with Crippen molar-refractivity contribution in [1.29, 1.82) is 0 Å². The number of nitrogens with zero attached hydrogens (tertiary/aromatic N) is 3. The van der Waals surface area contributed by atoms with Crippen LogP contribution in [0.2, 0.25) is 0 Å². The Balaban J connectivity index is 1.70. The average Bonchev–Trinajstić information content (AvgIpc) is 3.06. The van der Waals surface area contributed by atoms with Gasteiger partial charge >= 0.3 is 0 Å². The minimum Gasteiger partial charge on any atom is -0.497 e. The summed E-state index contributed by atoms with van der Waals surface area (Å²) < 4.78 is 6.96. The van der Waals surface area contributed by atoms with E-state index < -0.39 is 0 Å². The molecule has 0 spiro atoms. The predicted octanol–water partition coefficient (Wildman–Crippen LogP) is 4.04. The maximum Gasteiger partial charge on any atom is 0.181 e. The number of imidazole rings is 1. The van der Waals surface area contributed by atoms with Crippen molar-refractivity contribution in [2.45, 2.75) is 13.5 Å². The van der Waals surface area contributed by atoms with Crippen LogP contribution < -0.4 is 9.57 Å².